The first-order valence-corrected chi connectivity index (χ1v) is 7.97. The summed E-state index contributed by atoms with van der Waals surface area (Å²) in [7, 11) is -1.15. The predicted molar refractivity (Wildman–Crippen MR) is 67.8 cm³/mol. The van der Waals surface area contributed by atoms with Crippen molar-refractivity contribution in [1.82, 2.24) is 5.32 Å². The minimum absolute atomic E-state index is 0.106. The second-order valence-electron chi connectivity index (χ2n) is 4.12. The monoisotopic (exact) mass is 287 g/mol. The van der Waals surface area contributed by atoms with Crippen LogP contribution in [0, 0.1) is 0 Å². The Labute approximate surface area is 108 Å². The summed E-state index contributed by atoms with van der Waals surface area (Å²) in [6, 6.07) is 0.106. The van der Waals surface area contributed by atoms with Crippen LogP contribution in [-0.4, -0.2) is 52.7 Å². The van der Waals surface area contributed by atoms with Gasteiger partial charge in [-0.3, -0.25) is 0 Å². The summed E-state index contributed by atoms with van der Waals surface area (Å²) in [5.41, 5.74) is 0. The van der Waals surface area contributed by atoms with Crippen molar-refractivity contribution < 1.29 is 21.9 Å². The van der Waals surface area contributed by atoms with E-state index in [0.29, 0.717) is 19.3 Å². The Hall–Kier alpha value is -0.270. The third-order valence-electron chi connectivity index (χ3n) is 2.71. The molecule has 1 unspecified atom stereocenters. The molecule has 0 heterocycles. The van der Waals surface area contributed by atoms with Gasteiger partial charge in [-0.2, -0.15) is 0 Å². The number of hydrogen-bond donors (Lipinski definition) is 1. The van der Waals surface area contributed by atoms with Crippen molar-refractivity contribution in [3.05, 3.63) is 0 Å². The predicted octanol–water partition coefficient (Wildman–Crippen LogP) is 1.46. The quantitative estimate of drug-likeness (QED) is 0.585. The Bertz CT molecular complexity index is 297. The third-order valence-corrected chi connectivity index (χ3v) is 4.50. The summed E-state index contributed by atoms with van der Waals surface area (Å²) in [5.74, 6) is 0.342. The maximum Gasteiger partial charge on any atom is 0.261 e. The van der Waals surface area contributed by atoms with Crippen molar-refractivity contribution >= 4 is 9.84 Å². The number of hydrogen-bond acceptors (Lipinski definition) is 4. The summed E-state index contributed by atoms with van der Waals surface area (Å²) in [6.07, 6.45) is -0.549. The number of halogens is 2. The van der Waals surface area contributed by atoms with Gasteiger partial charge in [-0.05, 0) is 26.3 Å². The van der Waals surface area contributed by atoms with Crippen LogP contribution in [0.5, 0.6) is 0 Å². The summed E-state index contributed by atoms with van der Waals surface area (Å²) >= 11 is 0. The van der Waals surface area contributed by atoms with E-state index < -0.39 is 22.9 Å². The highest BCUT2D eigenvalue weighted by atomic mass is 32.2. The highest BCUT2D eigenvalue weighted by Gasteiger charge is 2.11. The van der Waals surface area contributed by atoms with E-state index >= 15 is 0 Å². The molecule has 0 fully saturated rings. The molecule has 0 amide bonds. The highest BCUT2D eigenvalue weighted by Crippen LogP contribution is 2.05. The number of nitrogens with one attached hydrogen (secondary N) is 1. The van der Waals surface area contributed by atoms with Gasteiger partial charge in [0, 0.05) is 18.4 Å². The zero-order chi connectivity index (χ0) is 14.0. The Kier molecular flexibility index (Phi) is 9.49. The average molecular weight is 287 g/mol. The van der Waals surface area contributed by atoms with Gasteiger partial charge in [-0.25, -0.2) is 17.2 Å². The molecule has 110 valence electrons. The first kappa shape index (κ1) is 17.7. The number of sulfone groups is 1. The smallest absolute Gasteiger partial charge is 0.261 e. The van der Waals surface area contributed by atoms with Crippen LogP contribution in [0.4, 0.5) is 8.78 Å². The van der Waals surface area contributed by atoms with Gasteiger partial charge in [0.15, 0.2) is 0 Å². The van der Waals surface area contributed by atoms with Crippen molar-refractivity contribution in [3.63, 3.8) is 0 Å². The molecule has 1 atom stereocenters. The minimum atomic E-state index is -2.92. The van der Waals surface area contributed by atoms with E-state index in [1.165, 1.54) is 0 Å². The fourth-order valence-corrected chi connectivity index (χ4v) is 2.42. The van der Waals surface area contributed by atoms with Crippen LogP contribution in [0.25, 0.3) is 0 Å². The first-order valence-electron chi connectivity index (χ1n) is 6.14. The van der Waals surface area contributed by atoms with Gasteiger partial charge in [0.25, 0.3) is 6.43 Å². The van der Waals surface area contributed by atoms with E-state index in [9.17, 15) is 17.2 Å². The molecule has 0 bridgehead atoms. The van der Waals surface area contributed by atoms with Gasteiger partial charge in [-0.15, -0.1) is 0 Å². The summed E-state index contributed by atoms with van der Waals surface area (Å²) in [6.45, 7) is 1.35. The summed E-state index contributed by atoms with van der Waals surface area (Å²) in [5, 5.41) is 3.03. The Morgan fingerprint density at radius 2 is 1.94 bits per heavy atom. The van der Waals surface area contributed by atoms with E-state index in [1.807, 2.05) is 0 Å². The van der Waals surface area contributed by atoms with Crippen LogP contribution in [0.15, 0.2) is 0 Å². The molecule has 0 aromatic heterocycles. The van der Waals surface area contributed by atoms with Gasteiger partial charge in [0.2, 0.25) is 0 Å². The van der Waals surface area contributed by atoms with E-state index in [0.717, 1.165) is 0 Å². The Morgan fingerprint density at radius 1 is 1.28 bits per heavy atom. The van der Waals surface area contributed by atoms with Crippen LogP contribution in [-0.2, 0) is 14.6 Å². The topological polar surface area (TPSA) is 55.4 Å². The normalized spacial score (nSPS) is 14.1. The van der Waals surface area contributed by atoms with Gasteiger partial charge in [0.05, 0.1) is 5.75 Å². The molecular weight excluding hydrogens is 264 g/mol. The first-order chi connectivity index (χ1) is 8.41. The average Bonchev–Trinajstić information content (AvgIpc) is 2.31. The minimum Gasteiger partial charge on any atom is -0.375 e. The lowest BCUT2D eigenvalue weighted by molar-refractivity contribution is 0.0144. The Balaban J connectivity index is 3.71. The van der Waals surface area contributed by atoms with Crippen LogP contribution >= 0.6 is 0 Å². The molecule has 0 saturated heterocycles. The molecule has 4 nitrogen and oxygen atoms in total. The Morgan fingerprint density at radius 3 is 2.44 bits per heavy atom. The van der Waals surface area contributed by atoms with Crippen molar-refractivity contribution in [2.24, 2.45) is 0 Å². The lowest BCUT2D eigenvalue weighted by Crippen LogP contribution is -2.27. The summed E-state index contributed by atoms with van der Waals surface area (Å²) < 4.78 is 51.0. The molecule has 0 rings (SSSR count). The van der Waals surface area contributed by atoms with Crippen molar-refractivity contribution in [1.29, 1.82) is 0 Å². The molecule has 0 aromatic rings. The second-order valence-corrected chi connectivity index (χ2v) is 6.59. The van der Waals surface area contributed by atoms with Gasteiger partial charge >= 0.3 is 0 Å². The van der Waals surface area contributed by atoms with Crippen LogP contribution in [0.2, 0.25) is 0 Å². The van der Waals surface area contributed by atoms with Crippen LogP contribution < -0.4 is 5.32 Å². The lowest BCUT2D eigenvalue weighted by Gasteiger charge is -2.15. The van der Waals surface area contributed by atoms with E-state index in [1.54, 1.807) is 14.0 Å². The number of rotatable bonds is 11. The molecule has 1 N–H and O–H groups in total. The maximum atomic E-state index is 11.8. The standard InChI is InChI=1S/C11H23F2NO3S/c1-3-18(15,16)8-4-5-10(14-2)6-7-17-9-11(12)13/h10-11,14H,3-9H2,1-2H3. The fraction of sp³-hybridized carbons (Fsp3) is 1.00. The molecule has 18 heavy (non-hydrogen) atoms. The molecule has 0 aliphatic heterocycles. The van der Waals surface area contributed by atoms with Crippen molar-refractivity contribution in [2.45, 2.75) is 38.7 Å². The largest absolute Gasteiger partial charge is 0.375 e. The lowest BCUT2D eigenvalue weighted by atomic mass is 10.1. The molecule has 0 aliphatic rings. The molecule has 0 aromatic carbocycles. The fourth-order valence-electron chi connectivity index (χ4n) is 1.53. The van der Waals surface area contributed by atoms with E-state index in [-0.39, 0.29) is 24.2 Å². The van der Waals surface area contributed by atoms with E-state index in [2.05, 4.69) is 5.32 Å². The molecule has 7 heteroatoms. The summed E-state index contributed by atoms with van der Waals surface area (Å²) in [4.78, 5) is 0. The molecular formula is C11H23F2NO3S. The molecule has 0 saturated carbocycles. The number of ether oxygens (including phenoxy) is 1. The molecule has 0 aliphatic carbocycles. The molecule has 0 spiro atoms. The van der Waals surface area contributed by atoms with E-state index in [4.69, 9.17) is 4.74 Å². The van der Waals surface area contributed by atoms with Crippen molar-refractivity contribution in [2.75, 3.05) is 31.8 Å². The molecule has 0 radical (unpaired) electrons. The van der Waals surface area contributed by atoms with Crippen LogP contribution in [0.1, 0.15) is 26.2 Å². The van der Waals surface area contributed by atoms with Gasteiger partial charge < -0.3 is 10.1 Å². The zero-order valence-electron chi connectivity index (χ0n) is 11.0. The van der Waals surface area contributed by atoms with Gasteiger partial charge in [0.1, 0.15) is 16.4 Å². The van der Waals surface area contributed by atoms with Crippen molar-refractivity contribution in [3.8, 4) is 0 Å². The number of alkyl halides is 2. The van der Waals surface area contributed by atoms with Gasteiger partial charge in [-0.1, -0.05) is 6.92 Å². The van der Waals surface area contributed by atoms with Crippen LogP contribution in [0.3, 0.4) is 0 Å². The maximum absolute atomic E-state index is 11.8. The second kappa shape index (κ2) is 9.63. The SMILES string of the molecule is CCS(=O)(=O)CCCC(CCOCC(F)F)NC. The highest BCUT2D eigenvalue weighted by molar-refractivity contribution is 7.91. The third kappa shape index (κ3) is 9.73. The zero-order valence-corrected chi connectivity index (χ0v) is 11.8.